The van der Waals surface area contributed by atoms with Gasteiger partial charge in [-0.05, 0) is 61.4 Å². The summed E-state index contributed by atoms with van der Waals surface area (Å²) in [5, 5.41) is 5.70. The van der Waals surface area contributed by atoms with Gasteiger partial charge < -0.3 is 10.6 Å². The smallest absolute Gasteiger partial charge is 0.255 e. The molecule has 0 aromatic heterocycles. The minimum atomic E-state index is -0.356. The average Bonchev–Trinajstić information content (AvgIpc) is 3.10. The predicted molar refractivity (Wildman–Crippen MR) is 90.5 cm³/mol. The topological polar surface area (TPSA) is 58.2 Å². The van der Waals surface area contributed by atoms with Gasteiger partial charge in [0.2, 0.25) is 0 Å². The Labute approximate surface area is 140 Å². The van der Waals surface area contributed by atoms with Gasteiger partial charge in [-0.15, -0.1) is 0 Å². The Kier molecular flexibility index (Phi) is 4.89. The van der Waals surface area contributed by atoms with Gasteiger partial charge in [-0.3, -0.25) is 9.59 Å². The Hall–Kier alpha value is -2.69. The molecule has 1 fully saturated rings. The lowest BCUT2D eigenvalue weighted by molar-refractivity contribution is 0.0936. The third kappa shape index (κ3) is 3.98. The number of halogens is 1. The van der Waals surface area contributed by atoms with Crippen molar-refractivity contribution in [2.45, 2.75) is 31.7 Å². The summed E-state index contributed by atoms with van der Waals surface area (Å²) in [7, 11) is 0. The molecule has 0 heterocycles. The maximum Gasteiger partial charge on any atom is 0.255 e. The Morgan fingerprint density at radius 1 is 0.833 bits per heavy atom. The van der Waals surface area contributed by atoms with Gasteiger partial charge in [0.15, 0.2) is 0 Å². The van der Waals surface area contributed by atoms with Crippen LogP contribution in [-0.4, -0.2) is 17.9 Å². The molecule has 0 unspecified atom stereocenters. The van der Waals surface area contributed by atoms with Crippen molar-refractivity contribution in [2.24, 2.45) is 0 Å². The third-order valence-corrected chi connectivity index (χ3v) is 4.20. The van der Waals surface area contributed by atoms with E-state index >= 15 is 0 Å². The van der Waals surface area contributed by atoms with Gasteiger partial charge in [0.05, 0.1) is 0 Å². The fraction of sp³-hybridized carbons (Fsp3) is 0.263. The summed E-state index contributed by atoms with van der Waals surface area (Å²) in [4.78, 5) is 24.3. The van der Waals surface area contributed by atoms with Gasteiger partial charge in [-0.1, -0.05) is 12.8 Å². The van der Waals surface area contributed by atoms with E-state index in [1.54, 1.807) is 24.3 Å². The number of hydrogen-bond donors (Lipinski definition) is 2. The molecule has 3 rings (SSSR count). The minimum absolute atomic E-state index is 0.104. The van der Waals surface area contributed by atoms with E-state index in [1.807, 2.05) is 0 Å². The highest BCUT2D eigenvalue weighted by molar-refractivity contribution is 6.05. The Morgan fingerprint density at radius 2 is 1.38 bits per heavy atom. The van der Waals surface area contributed by atoms with Crippen molar-refractivity contribution in [3.8, 4) is 0 Å². The second kappa shape index (κ2) is 7.25. The summed E-state index contributed by atoms with van der Waals surface area (Å²) in [6.07, 6.45) is 4.38. The summed E-state index contributed by atoms with van der Waals surface area (Å²) < 4.78 is 12.9. The first-order valence-electron chi connectivity index (χ1n) is 8.10. The van der Waals surface area contributed by atoms with E-state index in [0.29, 0.717) is 16.8 Å². The fourth-order valence-corrected chi connectivity index (χ4v) is 2.85. The summed E-state index contributed by atoms with van der Waals surface area (Å²) >= 11 is 0. The van der Waals surface area contributed by atoms with Crippen LogP contribution in [-0.2, 0) is 0 Å². The highest BCUT2D eigenvalue weighted by atomic mass is 19.1. The van der Waals surface area contributed by atoms with Crippen molar-refractivity contribution in [2.75, 3.05) is 5.32 Å². The zero-order valence-electron chi connectivity index (χ0n) is 13.2. The zero-order chi connectivity index (χ0) is 16.9. The molecule has 1 aliphatic rings. The van der Waals surface area contributed by atoms with E-state index in [-0.39, 0.29) is 23.7 Å². The van der Waals surface area contributed by atoms with Gasteiger partial charge in [0.25, 0.3) is 11.8 Å². The second-order valence-electron chi connectivity index (χ2n) is 5.99. The molecule has 2 amide bonds. The van der Waals surface area contributed by atoms with E-state index < -0.39 is 0 Å². The maximum atomic E-state index is 12.9. The van der Waals surface area contributed by atoms with Crippen LogP contribution in [0.5, 0.6) is 0 Å². The summed E-state index contributed by atoms with van der Waals surface area (Å²) in [6, 6.07) is 12.3. The molecule has 124 valence electrons. The molecular weight excluding hydrogens is 307 g/mol. The van der Waals surface area contributed by atoms with Crippen LogP contribution < -0.4 is 10.6 Å². The van der Waals surface area contributed by atoms with Crippen molar-refractivity contribution < 1.29 is 14.0 Å². The molecule has 2 aromatic carbocycles. The van der Waals surface area contributed by atoms with E-state index in [0.717, 1.165) is 25.7 Å². The van der Waals surface area contributed by atoms with Crippen molar-refractivity contribution in [1.29, 1.82) is 0 Å². The first-order valence-corrected chi connectivity index (χ1v) is 8.10. The number of hydrogen-bond acceptors (Lipinski definition) is 2. The van der Waals surface area contributed by atoms with Crippen LogP contribution in [0.4, 0.5) is 10.1 Å². The van der Waals surface area contributed by atoms with Crippen LogP contribution in [0.25, 0.3) is 0 Å². The van der Waals surface area contributed by atoms with Crippen molar-refractivity contribution in [3.05, 3.63) is 65.5 Å². The van der Waals surface area contributed by atoms with Crippen molar-refractivity contribution >= 4 is 17.5 Å². The number of benzene rings is 2. The summed E-state index contributed by atoms with van der Waals surface area (Å²) in [5.41, 5.74) is 1.50. The second-order valence-corrected chi connectivity index (χ2v) is 5.99. The van der Waals surface area contributed by atoms with Crippen LogP contribution >= 0.6 is 0 Å². The van der Waals surface area contributed by atoms with E-state index in [9.17, 15) is 14.0 Å². The first-order chi connectivity index (χ1) is 11.6. The number of carbonyl (C=O) groups is 2. The van der Waals surface area contributed by atoms with Gasteiger partial charge >= 0.3 is 0 Å². The maximum absolute atomic E-state index is 12.9. The lowest BCUT2D eigenvalue weighted by Crippen LogP contribution is -2.32. The van der Waals surface area contributed by atoms with Crippen molar-refractivity contribution in [3.63, 3.8) is 0 Å². The van der Waals surface area contributed by atoms with Crippen LogP contribution in [0.1, 0.15) is 46.4 Å². The number of nitrogens with one attached hydrogen (secondary N) is 2. The minimum Gasteiger partial charge on any atom is -0.349 e. The molecule has 0 saturated heterocycles. The highest BCUT2D eigenvalue weighted by Crippen LogP contribution is 2.18. The monoisotopic (exact) mass is 326 g/mol. The largest absolute Gasteiger partial charge is 0.349 e. The SMILES string of the molecule is O=C(Nc1ccc(F)cc1)c1ccc(C(=O)NC2CCCC2)cc1. The third-order valence-electron chi connectivity index (χ3n) is 4.20. The molecule has 2 N–H and O–H groups in total. The first kappa shape index (κ1) is 16.2. The molecule has 5 heteroatoms. The quantitative estimate of drug-likeness (QED) is 0.899. The predicted octanol–water partition coefficient (Wildman–Crippen LogP) is 3.75. The van der Waals surface area contributed by atoms with E-state index in [2.05, 4.69) is 10.6 Å². The van der Waals surface area contributed by atoms with Crippen LogP contribution in [0.3, 0.4) is 0 Å². The molecule has 0 atom stereocenters. The van der Waals surface area contributed by atoms with Gasteiger partial charge in [0.1, 0.15) is 5.82 Å². The standard InChI is InChI=1S/C19H19FN2O2/c20-15-9-11-17(12-10-15)22-19(24)14-7-5-13(6-8-14)18(23)21-16-3-1-2-4-16/h5-12,16H,1-4H2,(H,21,23)(H,22,24). The molecule has 4 nitrogen and oxygen atoms in total. The number of amides is 2. The number of rotatable bonds is 4. The van der Waals surface area contributed by atoms with Crippen LogP contribution in [0.15, 0.2) is 48.5 Å². The molecule has 0 bridgehead atoms. The fourth-order valence-electron chi connectivity index (χ4n) is 2.85. The lowest BCUT2D eigenvalue weighted by atomic mass is 10.1. The molecule has 1 aliphatic carbocycles. The molecule has 0 aliphatic heterocycles. The van der Waals surface area contributed by atoms with Gasteiger partial charge in [-0.2, -0.15) is 0 Å². The Morgan fingerprint density at radius 3 is 1.96 bits per heavy atom. The Balaban J connectivity index is 1.61. The molecule has 0 spiro atoms. The van der Waals surface area contributed by atoms with Gasteiger partial charge in [0, 0.05) is 22.9 Å². The summed E-state index contributed by atoms with van der Waals surface area (Å²) in [6.45, 7) is 0. The number of anilines is 1. The molecule has 1 saturated carbocycles. The molecule has 0 radical (unpaired) electrons. The molecular formula is C19H19FN2O2. The molecule has 2 aromatic rings. The van der Waals surface area contributed by atoms with Crippen LogP contribution in [0, 0.1) is 5.82 Å². The van der Waals surface area contributed by atoms with Crippen molar-refractivity contribution in [1.82, 2.24) is 5.32 Å². The normalized spacial score (nSPS) is 14.4. The highest BCUT2D eigenvalue weighted by Gasteiger charge is 2.18. The van der Waals surface area contributed by atoms with Crippen LogP contribution in [0.2, 0.25) is 0 Å². The summed E-state index contributed by atoms with van der Waals surface area (Å²) in [5.74, 6) is -0.762. The Bertz CT molecular complexity index is 720. The number of carbonyl (C=O) groups excluding carboxylic acids is 2. The average molecular weight is 326 g/mol. The lowest BCUT2D eigenvalue weighted by Gasteiger charge is -2.12. The van der Waals surface area contributed by atoms with Gasteiger partial charge in [-0.25, -0.2) is 4.39 Å². The van der Waals surface area contributed by atoms with E-state index in [1.165, 1.54) is 24.3 Å². The molecule has 24 heavy (non-hydrogen) atoms. The van der Waals surface area contributed by atoms with E-state index in [4.69, 9.17) is 0 Å². The zero-order valence-corrected chi connectivity index (χ0v) is 13.2.